The third-order valence-corrected chi connectivity index (χ3v) is 4.62. The quantitative estimate of drug-likeness (QED) is 0.896. The smallest absolute Gasteiger partial charge is 0.101 e. The van der Waals surface area contributed by atoms with Crippen LogP contribution in [0, 0.1) is 0 Å². The van der Waals surface area contributed by atoms with Crippen molar-refractivity contribution in [1.29, 1.82) is 0 Å². The molecule has 2 aromatic rings. The number of hydrogen-bond donors (Lipinski definition) is 1. The van der Waals surface area contributed by atoms with Gasteiger partial charge in [0.2, 0.25) is 0 Å². The van der Waals surface area contributed by atoms with Crippen molar-refractivity contribution >= 4 is 23.4 Å². The van der Waals surface area contributed by atoms with Gasteiger partial charge in [-0.3, -0.25) is 0 Å². The lowest BCUT2D eigenvalue weighted by molar-refractivity contribution is 0.680. The second-order valence-corrected chi connectivity index (χ2v) is 6.09. The highest BCUT2D eigenvalue weighted by Crippen LogP contribution is 2.35. The van der Waals surface area contributed by atoms with Gasteiger partial charge in [-0.1, -0.05) is 41.6 Å². The molecule has 0 atom stereocenters. The number of nitrogens with one attached hydrogen (secondary N) is 1. The summed E-state index contributed by atoms with van der Waals surface area (Å²) in [5, 5.41) is 5.31. The second kappa shape index (κ2) is 5.95. The van der Waals surface area contributed by atoms with E-state index in [0.717, 1.165) is 21.5 Å². The molecule has 1 heterocycles. The Bertz CT molecular complexity index is 555. The lowest BCUT2D eigenvalue weighted by atomic mass is 10.2. The molecule has 2 nitrogen and oxygen atoms in total. The lowest BCUT2D eigenvalue weighted by Gasteiger charge is -2.11. The molecule has 1 N–H and O–H groups in total. The van der Waals surface area contributed by atoms with Crippen molar-refractivity contribution in [3.8, 4) is 0 Å². The fourth-order valence-electron chi connectivity index (χ4n) is 1.86. The molecule has 1 aromatic heterocycles. The van der Waals surface area contributed by atoms with Crippen LogP contribution in [0.5, 0.6) is 0 Å². The minimum Gasteiger partial charge on any atom is -0.310 e. The largest absolute Gasteiger partial charge is 0.310 e. The van der Waals surface area contributed by atoms with Crippen LogP contribution < -0.4 is 5.32 Å². The highest BCUT2D eigenvalue weighted by atomic mass is 35.5. The summed E-state index contributed by atoms with van der Waals surface area (Å²) in [4.78, 5) is 5.46. The fourth-order valence-corrected chi connectivity index (χ4v) is 3.08. The van der Waals surface area contributed by atoms with Gasteiger partial charge in [0, 0.05) is 23.7 Å². The molecule has 1 aromatic carbocycles. The van der Waals surface area contributed by atoms with Crippen LogP contribution in [0.2, 0.25) is 5.02 Å². The van der Waals surface area contributed by atoms with Crippen LogP contribution >= 0.6 is 23.4 Å². The first-order chi connectivity index (χ1) is 9.33. The Balaban J connectivity index is 1.81. The van der Waals surface area contributed by atoms with E-state index in [0.29, 0.717) is 6.04 Å². The Kier molecular flexibility index (Phi) is 4.06. The second-order valence-electron chi connectivity index (χ2n) is 4.65. The summed E-state index contributed by atoms with van der Waals surface area (Å²) in [5.74, 6) is 0. The molecule has 1 saturated carbocycles. The number of pyridine rings is 1. The van der Waals surface area contributed by atoms with Crippen molar-refractivity contribution in [1.82, 2.24) is 10.3 Å². The molecule has 0 bridgehead atoms. The summed E-state index contributed by atoms with van der Waals surface area (Å²) in [6, 6.07) is 12.7. The number of nitrogens with zero attached hydrogens (tertiary/aromatic N) is 1. The fraction of sp³-hybridized carbons (Fsp3) is 0.267. The van der Waals surface area contributed by atoms with Gasteiger partial charge in [-0.25, -0.2) is 4.98 Å². The highest BCUT2D eigenvalue weighted by Gasteiger charge is 2.20. The van der Waals surface area contributed by atoms with Crippen molar-refractivity contribution in [2.24, 2.45) is 0 Å². The van der Waals surface area contributed by atoms with E-state index in [4.69, 9.17) is 11.6 Å². The summed E-state index contributed by atoms with van der Waals surface area (Å²) in [6.07, 6.45) is 4.40. The van der Waals surface area contributed by atoms with Gasteiger partial charge >= 0.3 is 0 Å². The zero-order valence-corrected chi connectivity index (χ0v) is 12.0. The van der Waals surface area contributed by atoms with Gasteiger partial charge in [0.15, 0.2) is 0 Å². The van der Waals surface area contributed by atoms with E-state index >= 15 is 0 Å². The third-order valence-electron chi connectivity index (χ3n) is 3.05. The Morgan fingerprint density at radius 3 is 2.84 bits per heavy atom. The van der Waals surface area contributed by atoms with E-state index in [1.54, 1.807) is 18.0 Å². The Hall–Kier alpha value is -1.03. The van der Waals surface area contributed by atoms with E-state index in [2.05, 4.69) is 16.4 Å². The van der Waals surface area contributed by atoms with Gasteiger partial charge in [0.25, 0.3) is 0 Å². The summed E-state index contributed by atoms with van der Waals surface area (Å²) in [7, 11) is 0. The molecule has 0 amide bonds. The minimum atomic E-state index is 0.701. The van der Waals surface area contributed by atoms with Crippen LogP contribution in [-0.4, -0.2) is 11.0 Å². The van der Waals surface area contributed by atoms with Crippen LogP contribution in [0.1, 0.15) is 18.4 Å². The molecule has 4 heteroatoms. The lowest BCUT2D eigenvalue weighted by Crippen LogP contribution is -2.15. The SMILES string of the molecule is Clc1cccc(CNC2CC2)c1Sc1ccccn1. The normalized spacial score (nSPS) is 14.6. The maximum absolute atomic E-state index is 6.33. The van der Waals surface area contributed by atoms with Crippen molar-refractivity contribution in [2.45, 2.75) is 35.3 Å². The van der Waals surface area contributed by atoms with E-state index in [-0.39, 0.29) is 0 Å². The molecule has 0 radical (unpaired) electrons. The number of hydrogen-bond acceptors (Lipinski definition) is 3. The zero-order valence-electron chi connectivity index (χ0n) is 10.5. The van der Waals surface area contributed by atoms with E-state index in [1.165, 1.54) is 18.4 Å². The molecular weight excluding hydrogens is 276 g/mol. The van der Waals surface area contributed by atoms with Gasteiger partial charge in [-0.15, -0.1) is 0 Å². The number of benzene rings is 1. The molecule has 98 valence electrons. The monoisotopic (exact) mass is 290 g/mol. The minimum absolute atomic E-state index is 0.701. The van der Waals surface area contributed by atoms with Crippen LogP contribution in [-0.2, 0) is 6.54 Å². The molecule has 0 spiro atoms. The summed E-state index contributed by atoms with van der Waals surface area (Å²) in [6.45, 7) is 0.875. The molecule has 1 fully saturated rings. The van der Waals surface area contributed by atoms with Crippen LogP contribution in [0.15, 0.2) is 52.5 Å². The Morgan fingerprint density at radius 2 is 2.11 bits per heavy atom. The topological polar surface area (TPSA) is 24.9 Å². The Labute approximate surface area is 122 Å². The van der Waals surface area contributed by atoms with Gasteiger partial charge in [0.1, 0.15) is 5.03 Å². The van der Waals surface area contributed by atoms with Crippen molar-refractivity contribution in [3.63, 3.8) is 0 Å². The van der Waals surface area contributed by atoms with Gasteiger partial charge < -0.3 is 5.32 Å². The molecule has 0 aliphatic heterocycles. The predicted octanol–water partition coefficient (Wildman–Crippen LogP) is 4.14. The molecular formula is C15H15ClN2S. The van der Waals surface area contributed by atoms with Crippen LogP contribution in [0.3, 0.4) is 0 Å². The molecule has 3 rings (SSSR count). The maximum Gasteiger partial charge on any atom is 0.101 e. The number of aromatic nitrogens is 1. The third kappa shape index (κ3) is 3.50. The maximum atomic E-state index is 6.33. The standard InChI is InChI=1S/C15H15ClN2S/c16-13-5-3-4-11(10-18-12-7-8-12)15(13)19-14-6-1-2-9-17-14/h1-6,9,12,18H,7-8,10H2. The first kappa shape index (κ1) is 13.0. The van der Waals surface area contributed by atoms with Crippen LogP contribution in [0.4, 0.5) is 0 Å². The van der Waals surface area contributed by atoms with Crippen molar-refractivity contribution in [3.05, 3.63) is 53.2 Å². The molecule has 0 unspecified atom stereocenters. The predicted molar refractivity (Wildman–Crippen MR) is 79.7 cm³/mol. The average Bonchev–Trinajstić information content (AvgIpc) is 3.25. The number of rotatable bonds is 5. The first-order valence-corrected chi connectivity index (χ1v) is 7.62. The van der Waals surface area contributed by atoms with E-state index in [9.17, 15) is 0 Å². The molecule has 0 saturated heterocycles. The summed E-state index contributed by atoms with van der Waals surface area (Å²) < 4.78 is 0. The van der Waals surface area contributed by atoms with E-state index in [1.807, 2.05) is 30.3 Å². The first-order valence-electron chi connectivity index (χ1n) is 6.42. The Morgan fingerprint density at radius 1 is 1.21 bits per heavy atom. The van der Waals surface area contributed by atoms with Crippen LogP contribution in [0.25, 0.3) is 0 Å². The van der Waals surface area contributed by atoms with Crippen molar-refractivity contribution in [2.75, 3.05) is 0 Å². The highest BCUT2D eigenvalue weighted by molar-refractivity contribution is 7.99. The summed E-state index contributed by atoms with van der Waals surface area (Å²) in [5.41, 5.74) is 1.25. The van der Waals surface area contributed by atoms with Gasteiger partial charge in [-0.2, -0.15) is 0 Å². The molecule has 19 heavy (non-hydrogen) atoms. The van der Waals surface area contributed by atoms with Crippen molar-refractivity contribution < 1.29 is 0 Å². The summed E-state index contributed by atoms with van der Waals surface area (Å²) >= 11 is 7.96. The number of halogens is 1. The average molecular weight is 291 g/mol. The van der Waals surface area contributed by atoms with E-state index < -0.39 is 0 Å². The zero-order chi connectivity index (χ0) is 13.1. The van der Waals surface area contributed by atoms with Gasteiger partial charge in [0.05, 0.1) is 5.02 Å². The molecule has 1 aliphatic carbocycles. The molecule has 1 aliphatic rings. The van der Waals surface area contributed by atoms with Gasteiger partial charge in [-0.05, 0) is 36.6 Å².